The number of rotatable bonds is 4. The summed E-state index contributed by atoms with van der Waals surface area (Å²) in [5, 5.41) is 7.20. The van der Waals surface area contributed by atoms with Crippen LogP contribution in [0.1, 0.15) is 16.1 Å². The maximum Gasteiger partial charge on any atom is 0.259 e. The lowest BCUT2D eigenvalue weighted by Gasteiger charge is -2.10. The Morgan fingerprint density at radius 2 is 1.78 bits per heavy atom. The largest absolute Gasteiger partial charge is 0.321 e. The molecule has 0 fully saturated rings. The average Bonchev–Trinajstić information content (AvgIpc) is 2.89. The van der Waals surface area contributed by atoms with E-state index in [1.165, 1.54) is 0 Å². The SMILES string of the molecule is Cc1nn(C)cc1C(=O)Nc1ccccc1Sc1ccccc1. The Balaban J connectivity index is 1.83. The van der Waals surface area contributed by atoms with E-state index in [-0.39, 0.29) is 5.91 Å². The number of aromatic nitrogens is 2. The van der Waals surface area contributed by atoms with E-state index in [9.17, 15) is 4.79 Å². The lowest BCUT2D eigenvalue weighted by molar-refractivity contribution is 0.102. The van der Waals surface area contributed by atoms with Gasteiger partial charge < -0.3 is 5.32 Å². The number of amides is 1. The summed E-state index contributed by atoms with van der Waals surface area (Å²) in [7, 11) is 1.81. The molecule has 3 rings (SSSR count). The minimum atomic E-state index is -0.142. The minimum absolute atomic E-state index is 0.142. The normalized spacial score (nSPS) is 10.5. The van der Waals surface area contributed by atoms with Crippen molar-refractivity contribution >= 4 is 23.4 Å². The number of nitrogens with one attached hydrogen (secondary N) is 1. The van der Waals surface area contributed by atoms with Crippen molar-refractivity contribution in [3.05, 3.63) is 72.1 Å². The van der Waals surface area contributed by atoms with Crippen molar-refractivity contribution < 1.29 is 4.79 Å². The summed E-state index contributed by atoms with van der Waals surface area (Å²) >= 11 is 1.63. The molecule has 0 atom stereocenters. The van der Waals surface area contributed by atoms with Gasteiger partial charge in [0.15, 0.2) is 0 Å². The number of nitrogens with zero attached hydrogens (tertiary/aromatic N) is 2. The molecular weight excluding hydrogens is 306 g/mol. The van der Waals surface area contributed by atoms with Crippen LogP contribution in [0.15, 0.2) is 70.6 Å². The third kappa shape index (κ3) is 3.63. The zero-order valence-electron chi connectivity index (χ0n) is 13.0. The third-order valence-electron chi connectivity index (χ3n) is 3.36. The summed E-state index contributed by atoms with van der Waals surface area (Å²) in [6, 6.07) is 17.9. The fourth-order valence-electron chi connectivity index (χ4n) is 2.29. The predicted octanol–water partition coefficient (Wildman–Crippen LogP) is 4.13. The van der Waals surface area contributed by atoms with Crippen LogP contribution in [-0.2, 0) is 7.05 Å². The van der Waals surface area contributed by atoms with Gasteiger partial charge in [0.2, 0.25) is 0 Å². The van der Waals surface area contributed by atoms with Crippen molar-refractivity contribution in [1.29, 1.82) is 0 Å². The van der Waals surface area contributed by atoms with Gasteiger partial charge in [-0.2, -0.15) is 5.10 Å². The van der Waals surface area contributed by atoms with Crippen molar-refractivity contribution in [1.82, 2.24) is 9.78 Å². The molecule has 3 aromatic rings. The van der Waals surface area contributed by atoms with E-state index in [0.717, 1.165) is 21.2 Å². The summed E-state index contributed by atoms with van der Waals surface area (Å²) in [4.78, 5) is 14.6. The Kier molecular flexibility index (Phi) is 4.48. The van der Waals surface area contributed by atoms with Crippen molar-refractivity contribution in [2.75, 3.05) is 5.32 Å². The highest BCUT2D eigenvalue weighted by atomic mass is 32.2. The van der Waals surface area contributed by atoms with Crippen LogP contribution in [-0.4, -0.2) is 15.7 Å². The van der Waals surface area contributed by atoms with Crippen LogP contribution in [0.4, 0.5) is 5.69 Å². The van der Waals surface area contributed by atoms with E-state index in [0.29, 0.717) is 5.56 Å². The minimum Gasteiger partial charge on any atom is -0.321 e. The predicted molar refractivity (Wildman–Crippen MR) is 92.9 cm³/mol. The maximum atomic E-state index is 12.5. The maximum absolute atomic E-state index is 12.5. The van der Waals surface area contributed by atoms with Crippen molar-refractivity contribution in [2.24, 2.45) is 7.05 Å². The summed E-state index contributed by atoms with van der Waals surface area (Å²) in [6.07, 6.45) is 1.73. The molecule has 0 bridgehead atoms. The molecular formula is C18H17N3OS. The number of hydrogen-bond acceptors (Lipinski definition) is 3. The number of benzene rings is 2. The van der Waals surface area contributed by atoms with Gasteiger partial charge in [0.25, 0.3) is 5.91 Å². The van der Waals surface area contributed by atoms with E-state index in [1.54, 1.807) is 22.6 Å². The van der Waals surface area contributed by atoms with Crippen molar-refractivity contribution in [3.8, 4) is 0 Å². The molecule has 0 spiro atoms. The van der Waals surface area contributed by atoms with Gasteiger partial charge in [-0.1, -0.05) is 42.1 Å². The van der Waals surface area contributed by atoms with Gasteiger partial charge in [-0.3, -0.25) is 9.48 Å². The Bertz CT molecular complexity index is 827. The molecule has 5 heteroatoms. The molecule has 1 heterocycles. The first-order chi connectivity index (χ1) is 11.1. The second-order valence-electron chi connectivity index (χ2n) is 5.17. The summed E-state index contributed by atoms with van der Waals surface area (Å²) in [6.45, 7) is 1.83. The Morgan fingerprint density at radius 3 is 2.48 bits per heavy atom. The highest BCUT2D eigenvalue weighted by Crippen LogP contribution is 2.33. The standard InChI is InChI=1S/C18H17N3OS/c1-13-15(12-21(2)20-13)18(22)19-16-10-6-7-11-17(16)23-14-8-4-3-5-9-14/h3-12H,1-2H3,(H,19,22). The fourth-order valence-corrected chi connectivity index (χ4v) is 3.21. The molecule has 4 nitrogen and oxygen atoms in total. The van der Waals surface area contributed by atoms with Gasteiger partial charge in [0, 0.05) is 23.0 Å². The molecule has 116 valence electrons. The number of hydrogen-bond donors (Lipinski definition) is 1. The molecule has 0 unspecified atom stereocenters. The van der Waals surface area contributed by atoms with Crippen LogP contribution in [0.3, 0.4) is 0 Å². The lowest BCUT2D eigenvalue weighted by Crippen LogP contribution is -2.13. The third-order valence-corrected chi connectivity index (χ3v) is 4.45. The summed E-state index contributed by atoms with van der Waals surface area (Å²) in [5.41, 5.74) is 2.11. The van der Waals surface area contributed by atoms with Crippen LogP contribution in [0.2, 0.25) is 0 Å². The van der Waals surface area contributed by atoms with E-state index in [2.05, 4.69) is 22.5 Å². The van der Waals surface area contributed by atoms with Gasteiger partial charge in [-0.15, -0.1) is 0 Å². The van der Waals surface area contributed by atoms with Gasteiger partial charge in [0.05, 0.1) is 16.9 Å². The van der Waals surface area contributed by atoms with Crippen LogP contribution in [0.25, 0.3) is 0 Å². The molecule has 1 amide bonds. The van der Waals surface area contributed by atoms with Crippen LogP contribution in [0.5, 0.6) is 0 Å². The Hall–Kier alpha value is -2.53. The first-order valence-electron chi connectivity index (χ1n) is 7.27. The number of carbonyl (C=O) groups excluding carboxylic acids is 1. The molecule has 0 saturated carbocycles. The molecule has 0 aliphatic heterocycles. The Labute approximate surface area is 139 Å². The molecule has 0 aliphatic carbocycles. The lowest BCUT2D eigenvalue weighted by atomic mass is 10.2. The number of para-hydroxylation sites is 1. The van der Waals surface area contributed by atoms with Gasteiger partial charge in [-0.25, -0.2) is 0 Å². The fraction of sp³-hybridized carbons (Fsp3) is 0.111. The Morgan fingerprint density at radius 1 is 1.09 bits per heavy atom. The molecule has 23 heavy (non-hydrogen) atoms. The van der Waals surface area contributed by atoms with Gasteiger partial charge >= 0.3 is 0 Å². The summed E-state index contributed by atoms with van der Waals surface area (Å²) in [5.74, 6) is -0.142. The highest BCUT2D eigenvalue weighted by Gasteiger charge is 2.14. The second-order valence-corrected chi connectivity index (χ2v) is 6.28. The highest BCUT2D eigenvalue weighted by molar-refractivity contribution is 7.99. The molecule has 0 saturated heterocycles. The molecule has 0 aliphatic rings. The molecule has 1 N–H and O–H groups in total. The number of carbonyl (C=O) groups is 1. The number of aryl methyl sites for hydroxylation is 2. The van der Waals surface area contributed by atoms with Crippen molar-refractivity contribution in [2.45, 2.75) is 16.7 Å². The van der Waals surface area contributed by atoms with E-state index in [1.807, 2.05) is 56.4 Å². The monoisotopic (exact) mass is 323 g/mol. The second kappa shape index (κ2) is 6.71. The number of anilines is 1. The van der Waals surface area contributed by atoms with Crippen LogP contribution < -0.4 is 5.32 Å². The molecule has 0 radical (unpaired) electrons. The first kappa shape index (κ1) is 15.4. The molecule has 2 aromatic carbocycles. The van der Waals surface area contributed by atoms with E-state index >= 15 is 0 Å². The first-order valence-corrected chi connectivity index (χ1v) is 8.08. The van der Waals surface area contributed by atoms with E-state index < -0.39 is 0 Å². The zero-order valence-corrected chi connectivity index (χ0v) is 13.8. The van der Waals surface area contributed by atoms with Gasteiger partial charge in [-0.05, 0) is 31.2 Å². The van der Waals surface area contributed by atoms with Crippen LogP contribution >= 0.6 is 11.8 Å². The summed E-state index contributed by atoms with van der Waals surface area (Å²) < 4.78 is 1.65. The molecule has 1 aromatic heterocycles. The smallest absolute Gasteiger partial charge is 0.259 e. The quantitative estimate of drug-likeness (QED) is 0.785. The van der Waals surface area contributed by atoms with E-state index in [4.69, 9.17) is 0 Å². The topological polar surface area (TPSA) is 46.9 Å². The van der Waals surface area contributed by atoms with Crippen molar-refractivity contribution in [3.63, 3.8) is 0 Å². The van der Waals surface area contributed by atoms with Gasteiger partial charge in [0.1, 0.15) is 0 Å². The zero-order chi connectivity index (χ0) is 16.2. The average molecular weight is 323 g/mol. The van der Waals surface area contributed by atoms with Crippen LogP contribution in [0, 0.1) is 6.92 Å².